The van der Waals surface area contributed by atoms with E-state index in [1.54, 1.807) is 24.3 Å². The minimum absolute atomic E-state index is 0.253. The standard InChI is InChI=1S/C25H25N5O3/c31-22(17-12-6-2-7-13-17)26-20-18(16-10-4-1-5-11-16)19-21(27-24(20)33)28-25(29-23(19)32)30-14-8-3-9-15-30/h1-2,4-7,10-13,18,20H,3,8-9,14-15H2,(H,26,31)(H2,27,28,29,32,33)/t18-,20-/m0/s1. The Morgan fingerprint density at radius 1 is 0.939 bits per heavy atom. The summed E-state index contributed by atoms with van der Waals surface area (Å²) in [4.78, 5) is 49.0. The number of carbonyl (C=O) groups excluding carboxylic acids is 2. The lowest BCUT2D eigenvalue weighted by Crippen LogP contribution is -2.52. The van der Waals surface area contributed by atoms with Crippen LogP contribution in [-0.4, -0.2) is 40.9 Å². The van der Waals surface area contributed by atoms with Crippen LogP contribution in [-0.2, 0) is 4.79 Å². The van der Waals surface area contributed by atoms with E-state index in [2.05, 4.69) is 20.6 Å². The molecular weight excluding hydrogens is 418 g/mol. The molecule has 1 fully saturated rings. The quantitative estimate of drug-likeness (QED) is 0.575. The topological polar surface area (TPSA) is 107 Å². The molecule has 0 spiro atoms. The van der Waals surface area contributed by atoms with Crippen LogP contribution in [0.4, 0.5) is 11.8 Å². The van der Waals surface area contributed by atoms with Crippen LogP contribution in [0.5, 0.6) is 0 Å². The molecule has 3 heterocycles. The minimum Gasteiger partial charge on any atom is -0.342 e. The third-order valence-electron chi connectivity index (χ3n) is 6.25. The zero-order valence-corrected chi connectivity index (χ0v) is 18.1. The van der Waals surface area contributed by atoms with E-state index in [1.165, 1.54) is 0 Å². The largest absolute Gasteiger partial charge is 0.342 e. The molecule has 0 radical (unpaired) electrons. The van der Waals surface area contributed by atoms with Gasteiger partial charge in [0, 0.05) is 24.6 Å². The number of fused-ring (bicyclic) bond motifs is 1. The lowest BCUT2D eigenvalue weighted by molar-refractivity contribution is -0.118. The summed E-state index contributed by atoms with van der Waals surface area (Å²) in [5.74, 6) is -0.729. The number of hydrogen-bond donors (Lipinski definition) is 3. The number of nitrogens with zero attached hydrogens (tertiary/aromatic N) is 2. The van der Waals surface area contributed by atoms with Gasteiger partial charge in [0.2, 0.25) is 11.9 Å². The Kier molecular flexibility index (Phi) is 5.64. The highest BCUT2D eigenvalue weighted by atomic mass is 16.2. The van der Waals surface area contributed by atoms with Crippen molar-refractivity contribution in [2.75, 3.05) is 23.3 Å². The molecule has 0 unspecified atom stereocenters. The molecule has 168 valence electrons. The van der Waals surface area contributed by atoms with Crippen LogP contribution in [0.1, 0.15) is 46.7 Å². The summed E-state index contributed by atoms with van der Waals surface area (Å²) >= 11 is 0. The molecule has 0 aliphatic carbocycles. The number of carbonyl (C=O) groups is 2. The lowest BCUT2D eigenvalue weighted by atomic mass is 9.82. The van der Waals surface area contributed by atoms with E-state index >= 15 is 0 Å². The van der Waals surface area contributed by atoms with Crippen molar-refractivity contribution in [3.63, 3.8) is 0 Å². The molecule has 2 aliphatic heterocycles. The third kappa shape index (κ3) is 4.11. The fourth-order valence-corrected chi connectivity index (χ4v) is 4.60. The van der Waals surface area contributed by atoms with Crippen LogP contribution in [0.25, 0.3) is 0 Å². The van der Waals surface area contributed by atoms with Gasteiger partial charge < -0.3 is 15.5 Å². The van der Waals surface area contributed by atoms with Crippen molar-refractivity contribution in [2.24, 2.45) is 0 Å². The Hall–Kier alpha value is -3.94. The van der Waals surface area contributed by atoms with E-state index in [9.17, 15) is 14.4 Å². The van der Waals surface area contributed by atoms with Crippen LogP contribution in [0.15, 0.2) is 65.5 Å². The van der Waals surface area contributed by atoms with Crippen LogP contribution in [0.2, 0.25) is 0 Å². The lowest BCUT2D eigenvalue weighted by Gasteiger charge is -2.34. The summed E-state index contributed by atoms with van der Waals surface area (Å²) < 4.78 is 0. The zero-order valence-electron chi connectivity index (χ0n) is 18.1. The summed E-state index contributed by atoms with van der Waals surface area (Å²) in [5, 5.41) is 5.61. The molecule has 33 heavy (non-hydrogen) atoms. The fraction of sp³-hybridized carbons (Fsp3) is 0.280. The van der Waals surface area contributed by atoms with Crippen molar-refractivity contribution < 1.29 is 9.59 Å². The second kappa shape index (κ2) is 8.90. The maximum Gasteiger partial charge on any atom is 0.258 e. The van der Waals surface area contributed by atoms with Crippen molar-refractivity contribution in [2.45, 2.75) is 31.2 Å². The average Bonchev–Trinajstić information content (AvgIpc) is 2.86. The van der Waals surface area contributed by atoms with Crippen molar-refractivity contribution >= 4 is 23.6 Å². The summed E-state index contributed by atoms with van der Waals surface area (Å²) in [5.41, 5.74) is 1.23. The van der Waals surface area contributed by atoms with Gasteiger partial charge in [-0.25, -0.2) is 0 Å². The monoisotopic (exact) mass is 443 g/mol. The number of anilines is 2. The van der Waals surface area contributed by atoms with Crippen LogP contribution in [0, 0.1) is 0 Å². The van der Waals surface area contributed by atoms with Crippen LogP contribution >= 0.6 is 0 Å². The van der Waals surface area contributed by atoms with Gasteiger partial charge in [-0.05, 0) is 37.0 Å². The number of benzene rings is 2. The second-order valence-corrected chi connectivity index (χ2v) is 8.39. The number of piperidine rings is 1. The molecule has 1 aromatic heterocycles. The van der Waals surface area contributed by atoms with Gasteiger partial charge in [0.15, 0.2) is 0 Å². The minimum atomic E-state index is -0.962. The van der Waals surface area contributed by atoms with E-state index in [1.807, 2.05) is 41.3 Å². The molecule has 8 heteroatoms. The number of amides is 2. The molecule has 2 aromatic carbocycles. The summed E-state index contributed by atoms with van der Waals surface area (Å²) in [6.45, 7) is 1.63. The number of aromatic amines is 1. The van der Waals surface area contributed by atoms with Gasteiger partial charge in [0.25, 0.3) is 11.5 Å². The number of rotatable bonds is 4. The third-order valence-corrected chi connectivity index (χ3v) is 6.25. The van der Waals surface area contributed by atoms with E-state index in [0.717, 1.165) is 37.9 Å². The molecule has 5 rings (SSSR count). The van der Waals surface area contributed by atoms with Gasteiger partial charge >= 0.3 is 0 Å². The highest BCUT2D eigenvalue weighted by molar-refractivity contribution is 6.03. The summed E-state index contributed by atoms with van der Waals surface area (Å²) in [6, 6.07) is 17.0. The average molecular weight is 444 g/mol. The van der Waals surface area contributed by atoms with Crippen molar-refractivity contribution in [3.8, 4) is 0 Å². The van der Waals surface area contributed by atoms with Gasteiger partial charge in [-0.2, -0.15) is 4.98 Å². The SMILES string of the molecule is O=C(N[C@@H]1C(=O)Nc2nc(N3CCCCC3)[nH]c(=O)c2[C@@H]1c1ccccc1)c1ccccc1. The first-order valence-corrected chi connectivity index (χ1v) is 11.2. The Balaban J connectivity index is 1.56. The molecule has 2 atom stereocenters. The maximum absolute atomic E-state index is 13.3. The summed E-state index contributed by atoms with van der Waals surface area (Å²) in [6.07, 6.45) is 3.22. The molecular formula is C25H25N5O3. The Bertz CT molecular complexity index is 1220. The van der Waals surface area contributed by atoms with E-state index < -0.39 is 17.9 Å². The van der Waals surface area contributed by atoms with Crippen LogP contribution < -0.4 is 21.1 Å². The Morgan fingerprint density at radius 3 is 2.30 bits per heavy atom. The molecule has 2 amide bonds. The normalized spacial score (nSPS) is 20.0. The smallest absolute Gasteiger partial charge is 0.258 e. The van der Waals surface area contributed by atoms with Gasteiger partial charge in [0.1, 0.15) is 11.9 Å². The number of aromatic nitrogens is 2. The maximum atomic E-state index is 13.3. The molecule has 3 aromatic rings. The molecule has 1 saturated heterocycles. The Labute approximate surface area is 191 Å². The first-order chi connectivity index (χ1) is 16.1. The van der Waals surface area contributed by atoms with Gasteiger partial charge in [0.05, 0.1) is 5.56 Å². The molecule has 2 aliphatic rings. The summed E-state index contributed by atoms with van der Waals surface area (Å²) in [7, 11) is 0. The van der Waals surface area contributed by atoms with Gasteiger partial charge in [-0.3, -0.25) is 19.4 Å². The van der Waals surface area contributed by atoms with Crippen molar-refractivity contribution in [1.82, 2.24) is 15.3 Å². The van der Waals surface area contributed by atoms with Crippen LogP contribution in [0.3, 0.4) is 0 Å². The van der Waals surface area contributed by atoms with Crippen molar-refractivity contribution in [3.05, 3.63) is 87.7 Å². The zero-order chi connectivity index (χ0) is 22.8. The molecule has 3 N–H and O–H groups in total. The van der Waals surface area contributed by atoms with Gasteiger partial charge in [-0.1, -0.05) is 48.5 Å². The predicted octanol–water partition coefficient (Wildman–Crippen LogP) is 2.64. The number of hydrogen-bond acceptors (Lipinski definition) is 5. The first-order valence-electron chi connectivity index (χ1n) is 11.2. The van der Waals surface area contributed by atoms with E-state index in [-0.39, 0.29) is 17.3 Å². The van der Waals surface area contributed by atoms with E-state index in [4.69, 9.17) is 0 Å². The molecule has 0 saturated carbocycles. The fourth-order valence-electron chi connectivity index (χ4n) is 4.60. The number of nitrogens with one attached hydrogen (secondary N) is 3. The predicted molar refractivity (Wildman–Crippen MR) is 126 cm³/mol. The second-order valence-electron chi connectivity index (χ2n) is 8.39. The highest BCUT2D eigenvalue weighted by Crippen LogP contribution is 2.35. The first kappa shape index (κ1) is 20.9. The van der Waals surface area contributed by atoms with Crippen molar-refractivity contribution in [1.29, 1.82) is 0 Å². The molecule has 0 bridgehead atoms. The Morgan fingerprint density at radius 2 is 1.61 bits per heavy atom. The van der Waals surface area contributed by atoms with Gasteiger partial charge in [-0.15, -0.1) is 0 Å². The van der Waals surface area contributed by atoms with E-state index in [0.29, 0.717) is 17.1 Å². The molecule has 8 nitrogen and oxygen atoms in total. The highest BCUT2D eigenvalue weighted by Gasteiger charge is 2.41. The number of H-pyrrole nitrogens is 1.